The summed E-state index contributed by atoms with van der Waals surface area (Å²) in [6.45, 7) is 2.43. The SMILES string of the molecule is Cc1nccn1-c1cc(NC(=O)NCCc2ccccc2)ncn1. The Balaban J connectivity index is 1.56. The number of benzene rings is 1. The highest BCUT2D eigenvalue weighted by Crippen LogP contribution is 2.10. The molecule has 7 heteroatoms. The standard InChI is InChI=1S/C17H18N6O/c1-13-18-9-10-23(13)16-11-15(20-12-21-16)22-17(24)19-8-7-14-5-3-2-4-6-14/h2-6,9-12H,7-8H2,1H3,(H2,19,20,21,22,24). The van der Waals surface area contributed by atoms with Crippen LogP contribution < -0.4 is 10.6 Å². The number of nitrogens with zero attached hydrogens (tertiary/aromatic N) is 4. The molecule has 2 N–H and O–H groups in total. The predicted molar refractivity (Wildman–Crippen MR) is 91.1 cm³/mol. The fourth-order valence-corrected chi connectivity index (χ4v) is 2.29. The third-order valence-corrected chi connectivity index (χ3v) is 3.51. The highest BCUT2D eigenvalue weighted by molar-refractivity contribution is 5.88. The molecule has 0 aliphatic heterocycles. The van der Waals surface area contributed by atoms with E-state index < -0.39 is 0 Å². The first kappa shape index (κ1) is 15.7. The van der Waals surface area contributed by atoms with Crippen molar-refractivity contribution < 1.29 is 4.79 Å². The zero-order valence-electron chi connectivity index (χ0n) is 13.3. The fourth-order valence-electron chi connectivity index (χ4n) is 2.29. The van der Waals surface area contributed by atoms with Crippen LogP contribution in [0.2, 0.25) is 0 Å². The zero-order chi connectivity index (χ0) is 16.8. The lowest BCUT2D eigenvalue weighted by molar-refractivity contribution is 0.252. The summed E-state index contributed by atoms with van der Waals surface area (Å²) in [7, 11) is 0. The lowest BCUT2D eigenvalue weighted by atomic mass is 10.1. The van der Waals surface area contributed by atoms with E-state index in [0.29, 0.717) is 18.2 Å². The molecule has 0 spiro atoms. The number of amides is 2. The van der Waals surface area contributed by atoms with Crippen LogP contribution in [0.4, 0.5) is 10.6 Å². The van der Waals surface area contributed by atoms with Gasteiger partial charge in [-0.05, 0) is 18.9 Å². The highest BCUT2D eigenvalue weighted by atomic mass is 16.2. The summed E-state index contributed by atoms with van der Waals surface area (Å²) in [6.07, 6.45) is 5.69. The molecular formula is C17H18N6O. The van der Waals surface area contributed by atoms with Crippen molar-refractivity contribution in [3.8, 4) is 5.82 Å². The lowest BCUT2D eigenvalue weighted by Crippen LogP contribution is -2.30. The van der Waals surface area contributed by atoms with Gasteiger partial charge in [-0.2, -0.15) is 0 Å². The number of aromatic nitrogens is 4. The van der Waals surface area contributed by atoms with Crippen molar-refractivity contribution in [3.63, 3.8) is 0 Å². The van der Waals surface area contributed by atoms with Crippen molar-refractivity contribution in [2.24, 2.45) is 0 Å². The van der Waals surface area contributed by atoms with Crippen LogP contribution in [0.25, 0.3) is 5.82 Å². The second kappa shape index (κ2) is 7.36. The number of rotatable bonds is 5. The number of anilines is 1. The van der Waals surface area contributed by atoms with Gasteiger partial charge in [0.15, 0.2) is 0 Å². The van der Waals surface area contributed by atoms with Crippen molar-refractivity contribution in [1.29, 1.82) is 0 Å². The van der Waals surface area contributed by atoms with Crippen LogP contribution in [-0.4, -0.2) is 32.1 Å². The summed E-state index contributed by atoms with van der Waals surface area (Å²) in [5.74, 6) is 1.90. The summed E-state index contributed by atoms with van der Waals surface area (Å²) < 4.78 is 1.82. The van der Waals surface area contributed by atoms with Crippen molar-refractivity contribution in [1.82, 2.24) is 24.8 Å². The molecule has 0 saturated heterocycles. The highest BCUT2D eigenvalue weighted by Gasteiger charge is 2.06. The Morgan fingerprint density at radius 1 is 1.17 bits per heavy atom. The Hall–Kier alpha value is -3.22. The van der Waals surface area contributed by atoms with Gasteiger partial charge in [-0.1, -0.05) is 30.3 Å². The Morgan fingerprint density at radius 2 is 2.00 bits per heavy atom. The molecule has 122 valence electrons. The third-order valence-electron chi connectivity index (χ3n) is 3.51. The number of urea groups is 1. The largest absolute Gasteiger partial charge is 0.337 e. The number of imidazole rings is 1. The van der Waals surface area contributed by atoms with Crippen LogP contribution in [0.3, 0.4) is 0 Å². The number of aryl methyl sites for hydroxylation is 1. The average molecular weight is 322 g/mol. The molecule has 0 unspecified atom stereocenters. The maximum absolute atomic E-state index is 12.0. The first-order chi connectivity index (χ1) is 11.7. The Labute approximate surface area is 139 Å². The minimum absolute atomic E-state index is 0.294. The Bertz CT molecular complexity index is 815. The van der Waals surface area contributed by atoms with Crippen LogP contribution in [0.1, 0.15) is 11.4 Å². The van der Waals surface area contributed by atoms with Gasteiger partial charge >= 0.3 is 6.03 Å². The molecule has 1 aromatic carbocycles. The quantitative estimate of drug-likeness (QED) is 0.755. The Morgan fingerprint density at radius 3 is 2.75 bits per heavy atom. The number of carbonyl (C=O) groups is 1. The van der Waals surface area contributed by atoms with Gasteiger partial charge in [0.25, 0.3) is 0 Å². The van der Waals surface area contributed by atoms with Gasteiger partial charge in [-0.15, -0.1) is 0 Å². The van der Waals surface area contributed by atoms with Gasteiger partial charge in [-0.25, -0.2) is 19.7 Å². The topological polar surface area (TPSA) is 84.7 Å². The summed E-state index contributed by atoms with van der Waals surface area (Å²) in [6, 6.07) is 11.4. The zero-order valence-corrected chi connectivity index (χ0v) is 13.3. The van der Waals surface area contributed by atoms with E-state index in [1.54, 1.807) is 18.5 Å². The average Bonchev–Trinajstić information content (AvgIpc) is 3.02. The number of hydrogen-bond donors (Lipinski definition) is 2. The molecule has 0 bridgehead atoms. The second-order valence-electron chi connectivity index (χ2n) is 5.22. The minimum Gasteiger partial charge on any atom is -0.337 e. The minimum atomic E-state index is -0.294. The summed E-state index contributed by atoms with van der Waals surface area (Å²) in [5.41, 5.74) is 1.18. The van der Waals surface area contributed by atoms with Crippen LogP contribution >= 0.6 is 0 Å². The molecule has 0 aliphatic carbocycles. The van der Waals surface area contributed by atoms with Gasteiger partial charge in [0.1, 0.15) is 23.8 Å². The maximum Gasteiger partial charge on any atom is 0.320 e. The van der Waals surface area contributed by atoms with E-state index in [1.165, 1.54) is 11.9 Å². The van der Waals surface area contributed by atoms with Gasteiger partial charge < -0.3 is 5.32 Å². The van der Waals surface area contributed by atoms with E-state index in [9.17, 15) is 4.79 Å². The molecule has 2 amide bonds. The van der Waals surface area contributed by atoms with E-state index in [4.69, 9.17) is 0 Å². The first-order valence-corrected chi connectivity index (χ1v) is 7.63. The second-order valence-corrected chi connectivity index (χ2v) is 5.22. The van der Waals surface area contributed by atoms with E-state index in [-0.39, 0.29) is 6.03 Å². The molecule has 3 aromatic rings. The summed E-state index contributed by atoms with van der Waals surface area (Å²) >= 11 is 0. The molecule has 0 radical (unpaired) electrons. The number of nitrogens with one attached hydrogen (secondary N) is 2. The summed E-state index contributed by atoms with van der Waals surface area (Å²) in [5, 5.41) is 5.53. The Kier molecular flexibility index (Phi) is 4.81. The molecule has 2 aromatic heterocycles. The number of hydrogen-bond acceptors (Lipinski definition) is 4. The third kappa shape index (κ3) is 3.95. The summed E-state index contributed by atoms with van der Waals surface area (Å²) in [4.78, 5) is 24.4. The van der Waals surface area contributed by atoms with Gasteiger partial charge in [0.2, 0.25) is 0 Å². The van der Waals surface area contributed by atoms with Gasteiger partial charge in [0, 0.05) is 25.0 Å². The molecular weight excluding hydrogens is 304 g/mol. The smallest absolute Gasteiger partial charge is 0.320 e. The van der Waals surface area contributed by atoms with Gasteiger partial charge in [-0.3, -0.25) is 9.88 Å². The molecule has 7 nitrogen and oxygen atoms in total. The van der Waals surface area contributed by atoms with Gasteiger partial charge in [0.05, 0.1) is 0 Å². The van der Waals surface area contributed by atoms with E-state index >= 15 is 0 Å². The lowest BCUT2D eigenvalue weighted by Gasteiger charge is -2.09. The van der Waals surface area contributed by atoms with Crippen molar-refractivity contribution in [3.05, 3.63) is 66.5 Å². The maximum atomic E-state index is 12.0. The molecule has 24 heavy (non-hydrogen) atoms. The molecule has 2 heterocycles. The number of carbonyl (C=O) groups excluding carboxylic acids is 1. The molecule has 0 fully saturated rings. The van der Waals surface area contributed by atoms with Crippen molar-refractivity contribution in [2.75, 3.05) is 11.9 Å². The molecule has 3 rings (SSSR count). The van der Waals surface area contributed by atoms with E-state index in [0.717, 1.165) is 12.2 Å². The van der Waals surface area contributed by atoms with Crippen molar-refractivity contribution >= 4 is 11.8 Å². The fraction of sp³-hybridized carbons (Fsp3) is 0.176. The molecule has 0 aliphatic rings. The predicted octanol–water partition coefficient (Wildman–Crippen LogP) is 2.33. The molecule has 0 saturated carbocycles. The van der Waals surface area contributed by atoms with Crippen LogP contribution in [-0.2, 0) is 6.42 Å². The van der Waals surface area contributed by atoms with E-state index in [1.807, 2.05) is 41.8 Å². The monoisotopic (exact) mass is 322 g/mol. The first-order valence-electron chi connectivity index (χ1n) is 7.63. The van der Waals surface area contributed by atoms with E-state index in [2.05, 4.69) is 25.6 Å². The normalized spacial score (nSPS) is 10.4. The van der Waals surface area contributed by atoms with Crippen LogP contribution in [0.5, 0.6) is 0 Å². The van der Waals surface area contributed by atoms with Crippen LogP contribution in [0.15, 0.2) is 55.1 Å². The van der Waals surface area contributed by atoms with Crippen LogP contribution in [0, 0.1) is 6.92 Å². The molecule has 0 atom stereocenters. The van der Waals surface area contributed by atoms with Crippen molar-refractivity contribution in [2.45, 2.75) is 13.3 Å².